The van der Waals surface area contributed by atoms with Gasteiger partial charge in [-0.3, -0.25) is 9.80 Å². The number of rotatable bonds is 3. The molecule has 0 amide bonds. The monoisotopic (exact) mass is 256 g/mol. The Morgan fingerprint density at radius 1 is 1.06 bits per heavy atom. The second-order valence-corrected chi connectivity index (χ2v) is 6.54. The fourth-order valence-corrected chi connectivity index (χ4v) is 3.32. The lowest BCUT2D eigenvalue weighted by Crippen LogP contribution is -2.56. The lowest BCUT2D eigenvalue weighted by molar-refractivity contribution is -0.0226. The fourth-order valence-electron chi connectivity index (χ4n) is 3.32. The van der Waals surface area contributed by atoms with Crippen LogP contribution in [0.25, 0.3) is 0 Å². The van der Waals surface area contributed by atoms with Crippen LogP contribution >= 0.6 is 0 Å². The number of aliphatic hydroxyl groups is 2. The van der Waals surface area contributed by atoms with Crippen molar-refractivity contribution in [2.45, 2.75) is 57.3 Å². The third-order valence-electron chi connectivity index (χ3n) is 4.18. The summed E-state index contributed by atoms with van der Waals surface area (Å²) in [5.74, 6) is 0. The summed E-state index contributed by atoms with van der Waals surface area (Å²) < 4.78 is 0. The van der Waals surface area contributed by atoms with E-state index in [1.165, 1.54) is 12.8 Å². The van der Waals surface area contributed by atoms with Gasteiger partial charge in [-0.05, 0) is 26.7 Å². The molecular formula is C14H28N2O2. The zero-order valence-electron chi connectivity index (χ0n) is 11.8. The van der Waals surface area contributed by atoms with E-state index in [0.29, 0.717) is 6.04 Å². The Bertz CT molecular complexity index is 257. The van der Waals surface area contributed by atoms with Crippen molar-refractivity contribution in [2.24, 2.45) is 0 Å². The van der Waals surface area contributed by atoms with Crippen molar-refractivity contribution in [3.05, 3.63) is 0 Å². The van der Waals surface area contributed by atoms with Gasteiger partial charge in [-0.25, -0.2) is 0 Å². The zero-order valence-corrected chi connectivity index (χ0v) is 11.8. The first-order chi connectivity index (χ1) is 8.46. The number of hydrogen-bond acceptors (Lipinski definition) is 4. The van der Waals surface area contributed by atoms with Crippen LogP contribution in [-0.2, 0) is 0 Å². The fraction of sp³-hybridized carbons (Fsp3) is 1.00. The first-order valence-electron chi connectivity index (χ1n) is 7.32. The van der Waals surface area contributed by atoms with Crippen LogP contribution in [0, 0.1) is 0 Å². The molecule has 0 aromatic rings. The Balaban J connectivity index is 1.79. The zero-order chi connectivity index (χ0) is 13.2. The van der Waals surface area contributed by atoms with E-state index in [2.05, 4.69) is 9.80 Å². The molecular weight excluding hydrogens is 228 g/mol. The minimum absolute atomic E-state index is 0.125. The average Bonchev–Trinajstić information content (AvgIpc) is 2.29. The van der Waals surface area contributed by atoms with Gasteiger partial charge >= 0.3 is 0 Å². The molecule has 1 saturated heterocycles. The van der Waals surface area contributed by atoms with Gasteiger partial charge < -0.3 is 10.2 Å². The number of piperazine rings is 1. The Morgan fingerprint density at radius 2 is 1.67 bits per heavy atom. The van der Waals surface area contributed by atoms with Crippen LogP contribution in [0.1, 0.15) is 39.5 Å². The van der Waals surface area contributed by atoms with Crippen molar-refractivity contribution in [3.8, 4) is 0 Å². The largest absolute Gasteiger partial charge is 0.391 e. The normalized spacial score (nSPS) is 32.7. The predicted molar refractivity (Wildman–Crippen MR) is 72.6 cm³/mol. The van der Waals surface area contributed by atoms with Gasteiger partial charge in [-0.15, -0.1) is 0 Å². The molecule has 1 aliphatic carbocycles. The Kier molecular flexibility index (Phi) is 4.64. The van der Waals surface area contributed by atoms with Crippen LogP contribution in [0.4, 0.5) is 0 Å². The predicted octanol–water partition coefficient (Wildman–Crippen LogP) is 0.678. The number of nitrogens with zero attached hydrogens (tertiary/aromatic N) is 2. The smallest absolute Gasteiger partial charge is 0.0718 e. The molecule has 1 heterocycles. The van der Waals surface area contributed by atoms with E-state index in [9.17, 15) is 10.2 Å². The molecule has 0 unspecified atom stereocenters. The molecule has 2 fully saturated rings. The molecule has 4 heteroatoms. The highest BCUT2D eigenvalue weighted by Crippen LogP contribution is 2.24. The van der Waals surface area contributed by atoms with Gasteiger partial charge in [0.15, 0.2) is 0 Å². The van der Waals surface area contributed by atoms with Crippen LogP contribution < -0.4 is 0 Å². The van der Waals surface area contributed by atoms with Gasteiger partial charge in [-0.1, -0.05) is 12.8 Å². The van der Waals surface area contributed by atoms with Crippen molar-refractivity contribution >= 4 is 0 Å². The molecule has 0 aromatic heterocycles. The quantitative estimate of drug-likeness (QED) is 0.779. The van der Waals surface area contributed by atoms with Crippen molar-refractivity contribution in [1.29, 1.82) is 0 Å². The summed E-state index contributed by atoms with van der Waals surface area (Å²) in [6, 6.07) is 0.378. The van der Waals surface area contributed by atoms with Crippen molar-refractivity contribution in [1.82, 2.24) is 9.80 Å². The maximum absolute atomic E-state index is 10.1. The van der Waals surface area contributed by atoms with Crippen LogP contribution in [-0.4, -0.2) is 70.5 Å². The molecule has 2 aliphatic rings. The van der Waals surface area contributed by atoms with Crippen LogP contribution in [0.2, 0.25) is 0 Å². The van der Waals surface area contributed by atoms with E-state index >= 15 is 0 Å². The highest BCUT2D eigenvalue weighted by Gasteiger charge is 2.31. The van der Waals surface area contributed by atoms with E-state index in [1.54, 1.807) is 0 Å². The van der Waals surface area contributed by atoms with Gasteiger partial charge in [0.25, 0.3) is 0 Å². The molecule has 0 radical (unpaired) electrons. The standard InChI is InChI=1S/C14H28N2O2/c1-14(2,18)11-15-7-9-16(10-8-15)12-5-3-4-6-13(12)17/h12-13,17-18H,3-11H2,1-2H3/t12-,13-/m0/s1. The number of aliphatic hydroxyl groups excluding tert-OH is 1. The van der Waals surface area contributed by atoms with E-state index in [1.807, 2.05) is 13.8 Å². The SMILES string of the molecule is CC(C)(O)CN1CCN([C@H]2CCCC[C@@H]2O)CC1. The third-order valence-corrected chi connectivity index (χ3v) is 4.18. The van der Waals surface area contributed by atoms with Gasteiger partial charge in [-0.2, -0.15) is 0 Å². The highest BCUT2D eigenvalue weighted by atomic mass is 16.3. The second kappa shape index (κ2) is 5.87. The first kappa shape index (κ1) is 14.3. The minimum atomic E-state index is -0.605. The van der Waals surface area contributed by atoms with E-state index < -0.39 is 5.60 Å². The Hall–Kier alpha value is -0.160. The molecule has 2 rings (SSSR count). The van der Waals surface area contributed by atoms with Crippen molar-refractivity contribution in [2.75, 3.05) is 32.7 Å². The Morgan fingerprint density at radius 3 is 2.22 bits per heavy atom. The van der Waals surface area contributed by atoms with Gasteiger partial charge in [0.1, 0.15) is 0 Å². The summed E-state index contributed by atoms with van der Waals surface area (Å²) in [5.41, 5.74) is -0.605. The molecule has 2 atom stereocenters. The second-order valence-electron chi connectivity index (χ2n) is 6.54. The molecule has 0 bridgehead atoms. The average molecular weight is 256 g/mol. The number of β-amino-alcohol motifs (C(OH)–C–C–N with tert-alkyl or cyclic N) is 1. The highest BCUT2D eigenvalue weighted by molar-refractivity contribution is 4.87. The van der Waals surface area contributed by atoms with Gasteiger partial charge in [0.2, 0.25) is 0 Å². The summed E-state index contributed by atoms with van der Waals surface area (Å²) in [7, 11) is 0. The molecule has 2 N–H and O–H groups in total. The molecule has 106 valence electrons. The first-order valence-corrected chi connectivity index (χ1v) is 7.32. The van der Waals surface area contributed by atoms with Gasteiger partial charge in [0.05, 0.1) is 11.7 Å². The molecule has 4 nitrogen and oxygen atoms in total. The van der Waals surface area contributed by atoms with E-state index in [4.69, 9.17) is 0 Å². The summed E-state index contributed by atoms with van der Waals surface area (Å²) >= 11 is 0. The molecule has 1 aliphatic heterocycles. The van der Waals surface area contributed by atoms with Gasteiger partial charge in [0, 0.05) is 38.8 Å². The van der Waals surface area contributed by atoms with Crippen molar-refractivity contribution in [3.63, 3.8) is 0 Å². The number of hydrogen-bond donors (Lipinski definition) is 2. The van der Waals surface area contributed by atoms with Crippen molar-refractivity contribution < 1.29 is 10.2 Å². The summed E-state index contributed by atoms with van der Waals surface area (Å²) in [4.78, 5) is 4.77. The molecule has 0 aromatic carbocycles. The Labute approximate surface area is 111 Å². The summed E-state index contributed by atoms with van der Waals surface area (Å²) in [6.07, 6.45) is 4.42. The van der Waals surface area contributed by atoms with E-state index in [-0.39, 0.29) is 6.10 Å². The minimum Gasteiger partial charge on any atom is -0.391 e. The maximum atomic E-state index is 10.1. The summed E-state index contributed by atoms with van der Waals surface area (Å²) in [5, 5.41) is 19.9. The molecule has 1 saturated carbocycles. The molecule has 0 spiro atoms. The lowest BCUT2D eigenvalue weighted by Gasteiger charge is -2.43. The van der Waals surface area contributed by atoms with Crippen LogP contribution in [0.3, 0.4) is 0 Å². The molecule has 18 heavy (non-hydrogen) atoms. The third kappa shape index (κ3) is 3.92. The summed E-state index contributed by atoms with van der Waals surface area (Å²) in [6.45, 7) is 8.54. The van der Waals surface area contributed by atoms with Crippen LogP contribution in [0.5, 0.6) is 0 Å². The van der Waals surface area contributed by atoms with E-state index in [0.717, 1.165) is 45.6 Å². The van der Waals surface area contributed by atoms with Crippen LogP contribution in [0.15, 0.2) is 0 Å². The maximum Gasteiger partial charge on any atom is 0.0718 e. The topological polar surface area (TPSA) is 46.9 Å². The lowest BCUT2D eigenvalue weighted by atomic mass is 9.91.